The number of aryl methyl sites for hydroxylation is 2. The van der Waals surface area contributed by atoms with Crippen molar-refractivity contribution in [1.29, 1.82) is 5.26 Å². The highest BCUT2D eigenvalue weighted by molar-refractivity contribution is 7.99. The highest BCUT2D eigenvalue weighted by atomic mass is 35.5. The van der Waals surface area contributed by atoms with Crippen molar-refractivity contribution in [2.45, 2.75) is 23.0 Å². The molecule has 0 bridgehead atoms. The minimum Gasteiger partial charge on any atom is -0.454 e. The van der Waals surface area contributed by atoms with Crippen LogP contribution in [0.1, 0.15) is 11.1 Å². The Morgan fingerprint density at radius 1 is 1.19 bits per heavy atom. The zero-order valence-electron chi connectivity index (χ0n) is 16.1. The first kappa shape index (κ1) is 19.5. The van der Waals surface area contributed by atoms with Crippen LogP contribution in [0.4, 0.5) is 5.82 Å². The van der Waals surface area contributed by atoms with Gasteiger partial charge in [-0.15, -0.1) is 0 Å². The van der Waals surface area contributed by atoms with Gasteiger partial charge < -0.3 is 19.8 Å². The lowest BCUT2D eigenvalue weighted by molar-refractivity contribution is 0.174. The summed E-state index contributed by atoms with van der Waals surface area (Å²) in [5.41, 5.74) is 8.06. The van der Waals surface area contributed by atoms with Crippen LogP contribution in [0.5, 0.6) is 11.5 Å². The molecule has 2 N–H and O–H groups in total. The number of nitrogens with zero attached hydrogens (tertiary/aromatic N) is 5. The number of hydrogen-bond donors (Lipinski definition) is 1. The molecule has 154 valence electrons. The van der Waals surface area contributed by atoms with E-state index in [4.69, 9.17) is 26.8 Å². The van der Waals surface area contributed by atoms with Crippen LogP contribution < -0.4 is 15.2 Å². The third-order valence-electron chi connectivity index (χ3n) is 4.85. The van der Waals surface area contributed by atoms with E-state index in [-0.39, 0.29) is 6.79 Å². The molecular weight excluding hydrogens is 436 g/mol. The van der Waals surface area contributed by atoms with E-state index in [0.717, 1.165) is 10.6 Å². The van der Waals surface area contributed by atoms with Gasteiger partial charge in [-0.2, -0.15) is 5.26 Å². The highest BCUT2D eigenvalue weighted by Crippen LogP contribution is 2.40. The fourth-order valence-electron chi connectivity index (χ4n) is 3.28. The predicted molar refractivity (Wildman–Crippen MR) is 115 cm³/mol. The molecule has 5 rings (SSSR count). The van der Waals surface area contributed by atoms with E-state index >= 15 is 0 Å². The van der Waals surface area contributed by atoms with Crippen LogP contribution >= 0.6 is 23.4 Å². The van der Waals surface area contributed by atoms with Crippen LogP contribution in [0.2, 0.25) is 5.02 Å². The number of hydrogen-bond acceptors (Lipinski definition) is 8. The molecule has 0 saturated carbocycles. The third-order valence-corrected chi connectivity index (χ3v) is 6.14. The molecule has 2 aromatic rings. The molecule has 10 heteroatoms. The molecular formula is C21H15ClN6O2S. The van der Waals surface area contributed by atoms with Crippen molar-refractivity contribution < 1.29 is 9.47 Å². The summed E-state index contributed by atoms with van der Waals surface area (Å²) in [5.74, 6) is 2.07. The lowest BCUT2D eigenvalue weighted by Gasteiger charge is -2.11. The zero-order chi connectivity index (χ0) is 21.4. The fraction of sp³-hybridized carbons (Fsp3) is 0.143. The molecule has 0 radical (unpaired) electrons. The second-order valence-electron chi connectivity index (χ2n) is 6.76. The number of aromatic nitrogens is 4. The van der Waals surface area contributed by atoms with Crippen molar-refractivity contribution in [2.24, 2.45) is 0 Å². The van der Waals surface area contributed by atoms with Gasteiger partial charge in [0.05, 0.1) is 11.9 Å². The van der Waals surface area contributed by atoms with Gasteiger partial charge in [0.1, 0.15) is 6.07 Å². The molecule has 0 saturated heterocycles. The van der Waals surface area contributed by atoms with Gasteiger partial charge in [0.2, 0.25) is 6.79 Å². The Morgan fingerprint density at radius 3 is 2.81 bits per heavy atom. The SMILES string of the molecule is N#Cc1cc2c(cc1Sc1nc3c(N)ncn(CCc4ccccc4Cl)c-3n1)OCO2. The second-order valence-corrected chi connectivity index (χ2v) is 8.17. The molecule has 3 heterocycles. The molecule has 0 unspecified atom stereocenters. The van der Waals surface area contributed by atoms with Crippen LogP contribution in [0.3, 0.4) is 0 Å². The number of ether oxygens (including phenoxy) is 2. The van der Waals surface area contributed by atoms with Crippen molar-refractivity contribution >= 4 is 29.2 Å². The number of rotatable bonds is 5. The summed E-state index contributed by atoms with van der Waals surface area (Å²) in [4.78, 5) is 14.1. The summed E-state index contributed by atoms with van der Waals surface area (Å²) in [5, 5.41) is 10.7. The van der Waals surface area contributed by atoms with Crippen LogP contribution in [0.25, 0.3) is 11.5 Å². The number of anilines is 1. The number of halogens is 1. The first-order valence-electron chi connectivity index (χ1n) is 9.35. The monoisotopic (exact) mass is 450 g/mol. The van der Waals surface area contributed by atoms with Crippen LogP contribution in [-0.2, 0) is 13.0 Å². The molecule has 31 heavy (non-hydrogen) atoms. The standard InChI is InChI=1S/C21H15ClN6O2S/c22-14-4-2-1-3-12(14)5-6-28-10-25-19(24)18-20(28)27-21(26-18)31-17-8-16-15(29-11-30-16)7-13(17)9-23/h1-4,7-8,10H,5-6,11,24H2. The van der Waals surface area contributed by atoms with E-state index in [0.29, 0.717) is 57.4 Å². The van der Waals surface area contributed by atoms with Crippen molar-refractivity contribution in [3.8, 4) is 29.1 Å². The number of nitrogen functional groups attached to an aromatic ring is 1. The van der Waals surface area contributed by atoms with Gasteiger partial charge in [-0.05, 0) is 35.9 Å². The quantitative estimate of drug-likeness (QED) is 0.485. The van der Waals surface area contributed by atoms with E-state index in [9.17, 15) is 5.26 Å². The molecule has 0 atom stereocenters. The van der Waals surface area contributed by atoms with E-state index < -0.39 is 0 Å². The van der Waals surface area contributed by atoms with Gasteiger partial charge in [0.25, 0.3) is 0 Å². The Morgan fingerprint density at radius 2 is 2.00 bits per heavy atom. The van der Waals surface area contributed by atoms with E-state index in [1.165, 1.54) is 11.8 Å². The van der Waals surface area contributed by atoms with Gasteiger partial charge in [-0.1, -0.05) is 29.8 Å². The van der Waals surface area contributed by atoms with E-state index in [1.54, 1.807) is 18.5 Å². The van der Waals surface area contributed by atoms with Crippen molar-refractivity contribution in [3.05, 3.63) is 58.9 Å². The topological polar surface area (TPSA) is 112 Å². The summed E-state index contributed by atoms with van der Waals surface area (Å²) in [6.45, 7) is 0.752. The smallest absolute Gasteiger partial charge is 0.231 e. The Hall–Kier alpha value is -3.48. The van der Waals surface area contributed by atoms with E-state index in [2.05, 4.69) is 21.0 Å². The Labute approximate surface area is 186 Å². The first-order valence-corrected chi connectivity index (χ1v) is 10.5. The maximum atomic E-state index is 9.51. The number of imidazole rings is 1. The molecule has 8 nitrogen and oxygen atoms in total. The van der Waals surface area contributed by atoms with Gasteiger partial charge in [0, 0.05) is 22.5 Å². The summed E-state index contributed by atoms with van der Waals surface area (Å²) in [6, 6.07) is 13.3. The molecule has 0 aliphatic carbocycles. The lowest BCUT2D eigenvalue weighted by atomic mass is 10.1. The van der Waals surface area contributed by atoms with Crippen molar-refractivity contribution in [2.75, 3.05) is 12.5 Å². The van der Waals surface area contributed by atoms with Crippen molar-refractivity contribution in [1.82, 2.24) is 19.5 Å². The number of benzene rings is 2. The van der Waals surface area contributed by atoms with Crippen LogP contribution in [0, 0.1) is 11.3 Å². The Bertz CT molecular complexity index is 1300. The highest BCUT2D eigenvalue weighted by Gasteiger charge is 2.22. The molecule has 0 spiro atoms. The minimum absolute atomic E-state index is 0.138. The summed E-state index contributed by atoms with van der Waals surface area (Å²) >= 11 is 7.54. The Kier molecular flexibility index (Phi) is 5.02. The number of nitriles is 1. The fourth-order valence-corrected chi connectivity index (χ4v) is 4.36. The average Bonchev–Trinajstić information content (AvgIpc) is 3.41. The predicted octanol–water partition coefficient (Wildman–Crippen LogP) is 4.01. The first-order chi connectivity index (χ1) is 15.1. The maximum absolute atomic E-state index is 9.51. The molecule has 0 amide bonds. The van der Waals surface area contributed by atoms with Crippen LogP contribution in [0.15, 0.2) is 52.8 Å². The van der Waals surface area contributed by atoms with Gasteiger partial charge >= 0.3 is 0 Å². The summed E-state index contributed by atoms with van der Waals surface area (Å²) in [6.07, 6.45) is 2.36. The molecule has 3 aliphatic rings. The third kappa shape index (κ3) is 3.71. The van der Waals surface area contributed by atoms with Gasteiger partial charge in [-0.25, -0.2) is 15.0 Å². The lowest BCUT2D eigenvalue weighted by Crippen LogP contribution is -2.10. The average molecular weight is 451 g/mol. The largest absolute Gasteiger partial charge is 0.454 e. The van der Waals surface area contributed by atoms with Crippen molar-refractivity contribution in [3.63, 3.8) is 0 Å². The summed E-state index contributed by atoms with van der Waals surface area (Å²) in [7, 11) is 0. The van der Waals surface area contributed by atoms with Gasteiger partial charge in [0.15, 0.2) is 34.0 Å². The van der Waals surface area contributed by atoms with Gasteiger partial charge in [-0.3, -0.25) is 0 Å². The molecule has 3 aliphatic heterocycles. The Balaban J connectivity index is 1.46. The molecule has 2 aromatic carbocycles. The van der Waals surface area contributed by atoms with E-state index in [1.807, 2.05) is 28.8 Å². The molecule has 0 aromatic heterocycles. The maximum Gasteiger partial charge on any atom is 0.231 e. The van der Waals surface area contributed by atoms with Crippen LogP contribution in [-0.4, -0.2) is 26.3 Å². The zero-order valence-corrected chi connectivity index (χ0v) is 17.7. The number of fused-ring (bicyclic) bond motifs is 2. The summed E-state index contributed by atoms with van der Waals surface area (Å²) < 4.78 is 12.7. The normalized spacial score (nSPS) is 12.3. The molecule has 0 fully saturated rings. The minimum atomic E-state index is 0.138. The number of nitrogens with two attached hydrogens (primary N) is 1. The second kappa shape index (κ2) is 7.98.